The van der Waals surface area contributed by atoms with Gasteiger partial charge in [-0.3, -0.25) is 4.90 Å². The van der Waals surface area contributed by atoms with Gasteiger partial charge in [-0.25, -0.2) is 0 Å². The molecule has 1 aromatic rings. The lowest BCUT2D eigenvalue weighted by atomic mass is 10.4. The fraction of sp³-hybridized carbons (Fsp3) is 0.636. The SMILES string of the molecule is COCCNCCN(C)Cc1sccc1Cl. The molecule has 0 fully saturated rings. The van der Waals surface area contributed by atoms with Crippen molar-refractivity contribution in [1.29, 1.82) is 0 Å². The highest BCUT2D eigenvalue weighted by Crippen LogP contribution is 2.22. The van der Waals surface area contributed by atoms with Crippen LogP contribution in [0.15, 0.2) is 11.4 Å². The van der Waals surface area contributed by atoms with Gasteiger partial charge in [0, 0.05) is 38.2 Å². The summed E-state index contributed by atoms with van der Waals surface area (Å²) in [5.74, 6) is 0. The van der Waals surface area contributed by atoms with Crippen molar-refractivity contribution in [3.8, 4) is 0 Å². The third kappa shape index (κ3) is 5.27. The lowest BCUT2D eigenvalue weighted by Gasteiger charge is -2.16. The number of likely N-dealkylation sites (N-methyl/N-ethyl adjacent to an activating group) is 1. The third-order valence-corrected chi connectivity index (χ3v) is 3.63. The first kappa shape index (κ1) is 13.9. The van der Waals surface area contributed by atoms with Crippen molar-refractivity contribution in [2.45, 2.75) is 6.54 Å². The molecule has 1 N–H and O–H groups in total. The minimum Gasteiger partial charge on any atom is -0.383 e. The molecule has 5 heteroatoms. The van der Waals surface area contributed by atoms with Crippen LogP contribution in [0.1, 0.15) is 4.88 Å². The third-order valence-electron chi connectivity index (χ3n) is 2.26. The number of nitrogens with zero attached hydrogens (tertiary/aromatic N) is 1. The number of nitrogens with one attached hydrogen (secondary N) is 1. The van der Waals surface area contributed by atoms with Crippen LogP contribution in [-0.2, 0) is 11.3 Å². The molecule has 1 heterocycles. The number of thiophene rings is 1. The monoisotopic (exact) mass is 262 g/mol. The Balaban J connectivity index is 2.11. The molecule has 1 rings (SSSR count). The van der Waals surface area contributed by atoms with E-state index in [1.807, 2.05) is 11.4 Å². The Bertz CT molecular complexity index is 293. The van der Waals surface area contributed by atoms with Gasteiger partial charge in [-0.15, -0.1) is 11.3 Å². The van der Waals surface area contributed by atoms with Gasteiger partial charge < -0.3 is 10.1 Å². The molecule has 3 nitrogen and oxygen atoms in total. The minimum atomic E-state index is 0.764. The summed E-state index contributed by atoms with van der Waals surface area (Å²) >= 11 is 7.75. The second-order valence-electron chi connectivity index (χ2n) is 3.67. The number of halogens is 1. The highest BCUT2D eigenvalue weighted by atomic mass is 35.5. The average Bonchev–Trinajstić information content (AvgIpc) is 2.64. The summed E-state index contributed by atoms with van der Waals surface area (Å²) in [7, 11) is 3.82. The second kappa shape index (κ2) is 8.03. The topological polar surface area (TPSA) is 24.5 Å². The summed E-state index contributed by atoms with van der Waals surface area (Å²) in [5, 5.41) is 6.22. The maximum Gasteiger partial charge on any atom is 0.0587 e. The van der Waals surface area contributed by atoms with E-state index in [0.717, 1.165) is 37.8 Å². The maximum absolute atomic E-state index is 6.04. The number of methoxy groups -OCH3 is 1. The summed E-state index contributed by atoms with van der Waals surface area (Å²) in [6.45, 7) is 4.58. The van der Waals surface area contributed by atoms with Gasteiger partial charge in [-0.2, -0.15) is 0 Å². The van der Waals surface area contributed by atoms with E-state index in [-0.39, 0.29) is 0 Å². The maximum atomic E-state index is 6.04. The molecule has 0 aliphatic heterocycles. The summed E-state index contributed by atoms with van der Waals surface area (Å²) < 4.78 is 4.96. The van der Waals surface area contributed by atoms with Crippen molar-refractivity contribution >= 4 is 22.9 Å². The predicted octanol–water partition coefficient (Wildman–Crippen LogP) is 2.07. The first-order valence-corrected chi connectivity index (χ1v) is 6.60. The number of rotatable bonds is 8. The molecule has 0 aliphatic rings. The lowest BCUT2D eigenvalue weighted by molar-refractivity contribution is 0.197. The highest BCUT2D eigenvalue weighted by Gasteiger charge is 2.05. The molecular weight excluding hydrogens is 244 g/mol. The molecule has 0 atom stereocenters. The quantitative estimate of drug-likeness (QED) is 0.726. The predicted molar refractivity (Wildman–Crippen MR) is 70.4 cm³/mol. The van der Waals surface area contributed by atoms with Crippen molar-refractivity contribution in [3.63, 3.8) is 0 Å². The zero-order valence-corrected chi connectivity index (χ0v) is 11.4. The molecule has 0 spiro atoms. The Morgan fingerprint density at radius 1 is 1.50 bits per heavy atom. The van der Waals surface area contributed by atoms with Crippen LogP contribution >= 0.6 is 22.9 Å². The van der Waals surface area contributed by atoms with Crippen molar-refractivity contribution in [2.24, 2.45) is 0 Å². The van der Waals surface area contributed by atoms with Gasteiger partial charge in [-0.05, 0) is 18.5 Å². The van der Waals surface area contributed by atoms with Crippen LogP contribution in [0.25, 0.3) is 0 Å². The Hall–Kier alpha value is -0.130. The molecule has 0 aromatic carbocycles. The zero-order chi connectivity index (χ0) is 11.8. The molecule has 0 bridgehead atoms. The Morgan fingerprint density at radius 2 is 2.31 bits per heavy atom. The molecular formula is C11H19ClN2OS. The van der Waals surface area contributed by atoms with E-state index in [1.165, 1.54) is 4.88 Å². The fourth-order valence-electron chi connectivity index (χ4n) is 1.33. The van der Waals surface area contributed by atoms with Crippen LogP contribution in [0.3, 0.4) is 0 Å². The first-order chi connectivity index (χ1) is 7.74. The standard InChI is InChI=1S/C11H19ClN2OS/c1-14(6-4-13-5-7-15-2)9-11-10(12)3-8-16-11/h3,8,13H,4-7,9H2,1-2H3. The van der Waals surface area contributed by atoms with Gasteiger partial charge in [0.2, 0.25) is 0 Å². The van der Waals surface area contributed by atoms with Crippen LogP contribution in [0.5, 0.6) is 0 Å². The van der Waals surface area contributed by atoms with Crippen LogP contribution in [0.2, 0.25) is 5.02 Å². The summed E-state index contributed by atoms with van der Waals surface area (Å²) in [6.07, 6.45) is 0. The number of ether oxygens (including phenoxy) is 1. The summed E-state index contributed by atoms with van der Waals surface area (Å²) in [5.41, 5.74) is 0. The number of hydrogen-bond donors (Lipinski definition) is 1. The lowest BCUT2D eigenvalue weighted by Crippen LogP contribution is -2.30. The van der Waals surface area contributed by atoms with Gasteiger partial charge in [0.05, 0.1) is 11.6 Å². The Morgan fingerprint density at radius 3 is 2.94 bits per heavy atom. The molecule has 0 aliphatic carbocycles. The molecule has 0 saturated carbocycles. The highest BCUT2D eigenvalue weighted by molar-refractivity contribution is 7.10. The van der Waals surface area contributed by atoms with Gasteiger partial charge in [0.15, 0.2) is 0 Å². The molecule has 0 amide bonds. The Kier molecular flexibility index (Phi) is 7.00. The zero-order valence-electron chi connectivity index (χ0n) is 9.83. The molecule has 0 radical (unpaired) electrons. The molecule has 16 heavy (non-hydrogen) atoms. The Labute approximate surface area is 106 Å². The van der Waals surface area contributed by atoms with E-state index in [1.54, 1.807) is 18.4 Å². The van der Waals surface area contributed by atoms with Gasteiger partial charge in [0.25, 0.3) is 0 Å². The molecule has 1 aromatic heterocycles. The second-order valence-corrected chi connectivity index (χ2v) is 5.08. The van der Waals surface area contributed by atoms with E-state index < -0.39 is 0 Å². The molecule has 0 saturated heterocycles. The van der Waals surface area contributed by atoms with Crippen molar-refractivity contribution < 1.29 is 4.74 Å². The van der Waals surface area contributed by atoms with Gasteiger partial charge in [-0.1, -0.05) is 11.6 Å². The van der Waals surface area contributed by atoms with E-state index >= 15 is 0 Å². The van der Waals surface area contributed by atoms with Crippen molar-refractivity contribution in [3.05, 3.63) is 21.3 Å². The van der Waals surface area contributed by atoms with Crippen molar-refractivity contribution in [2.75, 3.05) is 40.4 Å². The molecule has 0 unspecified atom stereocenters. The van der Waals surface area contributed by atoms with Crippen LogP contribution in [0, 0.1) is 0 Å². The average molecular weight is 263 g/mol. The van der Waals surface area contributed by atoms with E-state index in [2.05, 4.69) is 17.3 Å². The normalized spacial score (nSPS) is 11.2. The molecule has 92 valence electrons. The van der Waals surface area contributed by atoms with E-state index in [0.29, 0.717) is 0 Å². The van der Waals surface area contributed by atoms with Crippen LogP contribution in [-0.4, -0.2) is 45.3 Å². The number of hydrogen-bond acceptors (Lipinski definition) is 4. The van der Waals surface area contributed by atoms with E-state index in [4.69, 9.17) is 16.3 Å². The largest absolute Gasteiger partial charge is 0.383 e. The van der Waals surface area contributed by atoms with Gasteiger partial charge in [0.1, 0.15) is 0 Å². The van der Waals surface area contributed by atoms with Crippen LogP contribution in [0.4, 0.5) is 0 Å². The minimum absolute atomic E-state index is 0.764. The summed E-state index contributed by atoms with van der Waals surface area (Å²) in [6, 6.07) is 1.95. The fourth-order valence-corrected chi connectivity index (χ4v) is 2.51. The summed E-state index contributed by atoms with van der Waals surface area (Å²) in [4.78, 5) is 3.50. The van der Waals surface area contributed by atoms with Gasteiger partial charge >= 0.3 is 0 Å². The smallest absolute Gasteiger partial charge is 0.0587 e. The van der Waals surface area contributed by atoms with Crippen LogP contribution < -0.4 is 5.32 Å². The van der Waals surface area contributed by atoms with E-state index in [9.17, 15) is 0 Å². The first-order valence-electron chi connectivity index (χ1n) is 5.34. The van der Waals surface area contributed by atoms with Crippen molar-refractivity contribution in [1.82, 2.24) is 10.2 Å².